The first-order chi connectivity index (χ1) is 14.5. The van der Waals surface area contributed by atoms with Crippen molar-refractivity contribution in [2.24, 2.45) is 0 Å². The average molecular weight is 483 g/mol. The van der Waals surface area contributed by atoms with Crippen LogP contribution in [0.5, 0.6) is 17.2 Å². The van der Waals surface area contributed by atoms with Gasteiger partial charge in [-0.25, -0.2) is 17.4 Å². The Bertz CT molecular complexity index is 1330. The van der Waals surface area contributed by atoms with Gasteiger partial charge in [0, 0.05) is 10.9 Å². The number of nitriles is 1. The van der Waals surface area contributed by atoms with Gasteiger partial charge in [-0.15, -0.1) is 11.3 Å². The van der Waals surface area contributed by atoms with Crippen molar-refractivity contribution < 1.29 is 37.0 Å². The largest absolute Gasteiger partial charge is 0.504 e. The number of aromatic hydroxyl groups is 2. The number of phenolic OH excluding ortho intramolecular Hbond substituents is 2. The van der Waals surface area contributed by atoms with Gasteiger partial charge in [0.1, 0.15) is 21.8 Å². The Morgan fingerprint density at radius 3 is 2.48 bits per heavy atom. The fourth-order valence-corrected chi connectivity index (χ4v) is 7.17. The van der Waals surface area contributed by atoms with Crippen molar-refractivity contribution >= 4 is 28.8 Å². The predicted octanol–water partition coefficient (Wildman–Crippen LogP) is 3.88. The number of hydrogen-bond acceptors (Lipinski definition) is 8. The minimum atomic E-state index is -4.42. The zero-order valence-electron chi connectivity index (χ0n) is 15.6. The lowest BCUT2D eigenvalue weighted by molar-refractivity contribution is 0.380. The number of thiophene rings is 1. The summed E-state index contributed by atoms with van der Waals surface area (Å²) >= 11 is 0.895. The predicted molar refractivity (Wildman–Crippen MR) is 112 cm³/mol. The summed E-state index contributed by atoms with van der Waals surface area (Å²) in [6, 6.07) is 11.5. The fourth-order valence-electron chi connectivity index (χ4n) is 2.51. The van der Waals surface area contributed by atoms with Crippen molar-refractivity contribution in [1.82, 2.24) is 0 Å². The monoisotopic (exact) mass is 483 g/mol. The first-order valence-electron chi connectivity index (χ1n) is 8.57. The van der Waals surface area contributed by atoms with Crippen molar-refractivity contribution in [3.8, 4) is 33.8 Å². The molecule has 162 valence electrons. The molecule has 12 heteroatoms. The molecule has 8 nitrogen and oxygen atoms in total. The van der Waals surface area contributed by atoms with Gasteiger partial charge in [0.2, 0.25) is 0 Å². The molecule has 0 spiro atoms. The Kier molecular flexibility index (Phi) is 6.38. The molecule has 0 fully saturated rings. The topological polar surface area (TPSA) is 145 Å². The number of sulfone groups is 1. The van der Waals surface area contributed by atoms with Crippen LogP contribution in [-0.4, -0.2) is 35.4 Å². The Hall–Kier alpha value is -2.90. The maximum atomic E-state index is 13.6. The molecule has 2 aromatic carbocycles. The highest BCUT2D eigenvalue weighted by Crippen LogP contribution is 2.43. The average Bonchev–Trinajstić information content (AvgIpc) is 3.20. The van der Waals surface area contributed by atoms with Gasteiger partial charge in [-0.1, -0.05) is 0 Å². The lowest BCUT2D eigenvalue weighted by Gasteiger charge is -2.13. The number of nitrogens with zero attached hydrogens (tertiary/aromatic N) is 1. The number of phenols is 2. The lowest BCUT2D eigenvalue weighted by atomic mass is 10.2. The van der Waals surface area contributed by atoms with E-state index in [1.54, 1.807) is 6.07 Å². The molecule has 0 radical (unpaired) electrons. The van der Waals surface area contributed by atoms with Gasteiger partial charge < -0.3 is 19.6 Å². The van der Waals surface area contributed by atoms with Crippen molar-refractivity contribution in [3.63, 3.8) is 0 Å². The van der Waals surface area contributed by atoms with Gasteiger partial charge in [-0.3, -0.25) is 0 Å². The first kappa shape index (κ1) is 22.8. The Labute approximate surface area is 180 Å². The van der Waals surface area contributed by atoms with E-state index in [1.807, 2.05) is 0 Å². The molecule has 1 atom stereocenters. The molecule has 3 aromatic rings. The van der Waals surface area contributed by atoms with Crippen LogP contribution < -0.4 is 4.52 Å². The Morgan fingerprint density at radius 2 is 1.84 bits per heavy atom. The highest BCUT2D eigenvalue weighted by molar-refractivity contribution is 7.93. The van der Waals surface area contributed by atoms with Crippen LogP contribution in [0.25, 0.3) is 10.4 Å². The molecule has 1 heterocycles. The van der Waals surface area contributed by atoms with Crippen LogP contribution in [-0.2, 0) is 14.4 Å². The van der Waals surface area contributed by atoms with Crippen LogP contribution in [0.4, 0.5) is 4.39 Å². The summed E-state index contributed by atoms with van der Waals surface area (Å²) in [7, 11) is -8.36. The van der Waals surface area contributed by atoms with E-state index >= 15 is 0 Å². The number of rotatable bonds is 7. The van der Waals surface area contributed by atoms with E-state index in [4.69, 9.17) is 9.79 Å². The lowest BCUT2D eigenvalue weighted by Crippen LogP contribution is -2.11. The maximum absolute atomic E-state index is 13.6. The number of hydrogen-bond donors (Lipinski definition) is 3. The molecule has 0 saturated carbocycles. The summed E-state index contributed by atoms with van der Waals surface area (Å²) in [5.74, 6) is -2.59. The molecule has 0 aliphatic carbocycles. The van der Waals surface area contributed by atoms with E-state index in [0.29, 0.717) is 10.4 Å². The van der Waals surface area contributed by atoms with E-state index in [2.05, 4.69) is 0 Å². The van der Waals surface area contributed by atoms with Crippen LogP contribution >= 0.6 is 18.9 Å². The second-order valence-electron chi connectivity index (χ2n) is 6.35. The Morgan fingerprint density at radius 1 is 1.10 bits per heavy atom. The molecular formula is C19H15FNO7PS2. The molecule has 1 unspecified atom stereocenters. The standard InChI is InChI=1S/C19H15FNO7PS2/c20-15-10-14(3-1-13(15)11-21)28-29(24,25)7-8-31(26,27)19-6-5-18(30-19)12-2-4-16(22)17(23)9-12/h1-6,9-10,22-23H,7-8H2,(H,24,25). The zero-order valence-corrected chi connectivity index (χ0v) is 18.1. The fraction of sp³-hybridized carbons (Fsp3) is 0.105. The van der Waals surface area contributed by atoms with E-state index in [0.717, 1.165) is 29.5 Å². The third kappa shape index (κ3) is 5.42. The molecule has 0 aliphatic rings. The summed E-state index contributed by atoms with van der Waals surface area (Å²) < 4.78 is 55.8. The van der Waals surface area contributed by atoms with E-state index in [9.17, 15) is 32.5 Å². The Balaban J connectivity index is 1.71. The van der Waals surface area contributed by atoms with E-state index in [1.165, 1.54) is 30.3 Å². The highest BCUT2D eigenvalue weighted by Gasteiger charge is 2.27. The minimum absolute atomic E-state index is 0.0560. The van der Waals surface area contributed by atoms with Gasteiger partial charge in [0.25, 0.3) is 0 Å². The third-order valence-corrected chi connectivity index (χ3v) is 9.12. The van der Waals surface area contributed by atoms with Crippen LogP contribution in [0.3, 0.4) is 0 Å². The summed E-state index contributed by atoms with van der Waals surface area (Å²) in [6.45, 7) is 0. The van der Waals surface area contributed by atoms with Gasteiger partial charge >= 0.3 is 7.60 Å². The SMILES string of the molecule is N#Cc1ccc(OP(=O)(O)CCS(=O)(=O)c2ccc(-c3ccc(O)c(O)c3)s2)cc1F. The summed E-state index contributed by atoms with van der Waals surface area (Å²) in [5.41, 5.74) is 0.221. The highest BCUT2D eigenvalue weighted by atomic mass is 32.2. The van der Waals surface area contributed by atoms with Crippen molar-refractivity contribution in [1.29, 1.82) is 5.26 Å². The molecule has 0 bridgehead atoms. The molecule has 0 amide bonds. The molecular weight excluding hydrogens is 468 g/mol. The first-order valence-corrected chi connectivity index (χ1v) is 12.8. The van der Waals surface area contributed by atoms with Crippen LogP contribution in [0.2, 0.25) is 0 Å². The van der Waals surface area contributed by atoms with Gasteiger partial charge in [0.05, 0.1) is 17.5 Å². The summed E-state index contributed by atoms with van der Waals surface area (Å²) in [4.78, 5) is 10.5. The molecule has 31 heavy (non-hydrogen) atoms. The molecule has 1 aromatic heterocycles. The third-order valence-electron chi connectivity index (χ3n) is 4.10. The second-order valence-corrected chi connectivity index (χ2v) is 11.7. The van der Waals surface area contributed by atoms with Crippen molar-refractivity contribution in [2.75, 3.05) is 11.9 Å². The quantitative estimate of drug-likeness (QED) is 0.339. The second kappa shape index (κ2) is 8.69. The minimum Gasteiger partial charge on any atom is -0.504 e. The number of halogens is 1. The van der Waals surface area contributed by atoms with Gasteiger partial charge in [0.15, 0.2) is 21.3 Å². The molecule has 3 N–H and O–H groups in total. The molecule has 0 saturated heterocycles. The van der Waals surface area contributed by atoms with Gasteiger partial charge in [-0.05, 0) is 48.0 Å². The van der Waals surface area contributed by atoms with Crippen LogP contribution in [0.1, 0.15) is 5.56 Å². The maximum Gasteiger partial charge on any atom is 0.377 e. The zero-order chi connectivity index (χ0) is 22.8. The van der Waals surface area contributed by atoms with Crippen LogP contribution in [0, 0.1) is 17.1 Å². The summed E-state index contributed by atoms with van der Waals surface area (Å²) in [6.07, 6.45) is -0.732. The molecule has 0 aliphatic heterocycles. The van der Waals surface area contributed by atoms with Crippen molar-refractivity contribution in [2.45, 2.75) is 4.21 Å². The smallest absolute Gasteiger partial charge is 0.377 e. The van der Waals surface area contributed by atoms with Crippen LogP contribution in [0.15, 0.2) is 52.7 Å². The van der Waals surface area contributed by atoms with E-state index < -0.39 is 35.2 Å². The van der Waals surface area contributed by atoms with E-state index in [-0.39, 0.29) is 27.0 Å². The van der Waals surface area contributed by atoms with Crippen molar-refractivity contribution in [3.05, 3.63) is 59.9 Å². The molecule has 3 rings (SSSR count). The van der Waals surface area contributed by atoms with Gasteiger partial charge in [-0.2, -0.15) is 5.26 Å². The number of benzene rings is 2. The summed E-state index contributed by atoms with van der Waals surface area (Å²) in [5, 5.41) is 27.7. The normalized spacial score (nSPS) is 13.3.